The average Bonchev–Trinajstić information content (AvgIpc) is 3.16. The SMILES string of the molecule is COc1cc(-c2oc3cc(OC4OC(CO)C(O)C(O)C4OC4OC(CO)C(O)C(O)C4O)cc(O)c3c(=O)c2OC2OC(C)C(O)C(O)C2O)ccc1O. The van der Waals surface area contributed by atoms with Crippen LogP contribution in [-0.4, -0.2) is 174 Å². The molecule has 3 aromatic rings. The van der Waals surface area contributed by atoms with E-state index >= 15 is 0 Å². The zero-order valence-corrected chi connectivity index (χ0v) is 29.0. The third-order valence-corrected chi connectivity index (χ3v) is 9.61. The molecule has 6 rings (SSSR count). The Morgan fingerprint density at radius 3 is 1.95 bits per heavy atom. The number of aromatic hydroxyl groups is 2. The van der Waals surface area contributed by atoms with Crippen molar-refractivity contribution in [1.82, 2.24) is 0 Å². The van der Waals surface area contributed by atoms with Gasteiger partial charge in [0.05, 0.1) is 26.4 Å². The van der Waals surface area contributed by atoms with Gasteiger partial charge in [-0.05, 0) is 25.1 Å². The number of rotatable bonds is 10. The Kier molecular flexibility index (Phi) is 12.1. The lowest BCUT2D eigenvalue weighted by atomic mass is 9.97. The summed E-state index contributed by atoms with van der Waals surface area (Å²) in [5.41, 5.74) is -1.35. The summed E-state index contributed by atoms with van der Waals surface area (Å²) in [4.78, 5) is 14.1. The molecule has 15 atom stereocenters. The molecule has 21 heteroatoms. The minimum absolute atomic E-state index is 0.0555. The molecule has 12 N–H and O–H groups in total. The Hall–Kier alpha value is -3.91. The van der Waals surface area contributed by atoms with E-state index in [4.69, 9.17) is 37.6 Å². The molecule has 21 nitrogen and oxygen atoms in total. The maximum absolute atomic E-state index is 14.1. The highest BCUT2D eigenvalue weighted by Crippen LogP contribution is 2.41. The molecule has 1 aromatic heterocycles. The van der Waals surface area contributed by atoms with Crippen LogP contribution in [0.25, 0.3) is 22.3 Å². The maximum atomic E-state index is 14.1. The second-order valence-electron chi connectivity index (χ2n) is 13.2. The van der Waals surface area contributed by atoms with Gasteiger partial charge in [-0.15, -0.1) is 0 Å². The predicted molar refractivity (Wildman–Crippen MR) is 178 cm³/mol. The van der Waals surface area contributed by atoms with Crippen LogP contribution < -0.4 is 19.6 Å². The second kappa shape index (κ2) is 16.3. The zero-order valence-electron chi connectivity index (χ0n) is 29.0. The van der Waals surface area contributed by atoms with Crippen molar-refractivity contribution in [1.29, 1.82) is 0 Å². The molecule has 55 heavy (non-hydrogen) atoms. The van der Waals surface area contributed by atoms with Crippen molar-refractivity contribution in [3.63, 3.8) is 0 Å². The Morgan fingerprint density at radius 1 is 0.673 bits per heavy atom. The number of aliphatic hydroxyl groups is 10. The molecule has 0 aliphatic carbocycles. The van der Waals surface area contributed by atoms with Gasteiger partial charge < -0.3 is 98.9 Å². The summed E-state index contributed by atoms with van der Waals surface area (Å²) in [6.45, 7) is -0.259. The van der Waals surface area contributed by atoms with Gasteiger partial charge in [0.1, 0.15) is 83.5 Å². The lowest BCUT2D eigenvalue weighted by molar-refractivity contribution is -0.357. The molecule has 3 saturated heterocycles. The Labute approximate surface area is 309 Å². The largest absolute Gasteiger partial charge is 0.507 e. The summed E-state index contributed by atoms with van der Waals surface area (Å²) in [5, 5.41) is 124. The maximum Gasteiger partial charge on any atom is 0.239 e. The normalized spacial score (nSPS) is 36.8. The number of methoxy groups -OCH3 is 1. The summed E-state index contributed by atoms with van der Waals surface area (Å²) in [7, 11) is 1.26. The van der Waals surface area contributed by atoms with Crippen LogP contribution in [0.15, 0.2) is 39.5 Å². The summed E-state index contributed by atoms with van der Waals surface area (Å²) in [6, 6.07) is 5.80. The van der Waals surface area contributed by atoms with Crippen LogP contribution in [0, 0.1) is 0 Å². The number of fused-ring (bicyclic) bond motifs is 1. The first kappa shape index (κ1) is 40.7. The van der Waals surface area contributed by atoms with Crippen molar-refractivity contribution in [2.75, 3.05) is 20.3 Å². The van der Waals surface area contributed by atoms with Gasteiger partial charge in [0.15, 0.2) is 29.7 Å². The van der Waals surface area contributed by atoms with Gasteiger partial charge in [0.2, 0.25) is 23.8 Å². The highest BCUT2D eigenvalue weighted by Gasteiger charge is 2.51. The van der Waals surface area contributed by atoms with E-state index in [1.807, 2.05) is 0 Å². The van der Waals surface area contributed by atoms with E-state index < -0.39 is 128 Å². The van der Waals surface area contributed by atoms with Crippen LogP contribution in [0.5, 0.6) is 28.7 Å². The van der Waals surface area contributed by atoms with Gasteiger partial charge in [0, 0.05) is 17.7 Å². The molecule has 3 fully saturated rings. The fraction of sp³-hybridized carbons (Fsp3) is 0.559. The summed E-state index contributed by atoms with van der Waals surface area (Å²) in [6.07, 6.45) is -25.5. The van der Waals surface area contributed by atoms with Gasteiger partial charge in [-0.2, -0.15) is 0 Å². The van der Waals surface area contributed by atoms with E-state index in [0.29, 0.717) is 0 Å². The summed E-state index contributed by atoms with van der Waals surface area (Å²) >= 11 is 0. The summed E-state index contributed by atoms with van der Waals surface area (Å²) < 4.78 is 45.1. The lowest BCUT2D eigenvalue weighted by Gasteiger charge is -2.45. The van der Waals surface area contributed by atoms with Gasteiger partial charge in [0.25, 0.3) is 0 Å². The molecule has 3 aliphatic rings. The molecule has 304 valence electrons. The van der Waals surface area contributed by atoms with Crippen molar-refractivity contribution >= 4 is 11.0 Å². The van der Waals surface area contributed by atoms with Gasteiger partial charge in [-0.3, -0.25) is 4.79 Å². The zero-order chi connectivity index (χ0) is 40.0. The first-order chi connectivity index (χ1) is 26.1. The smallest absolute Gasteiger partial charge is 0.239 e. The number of hydrogen-bond acceptors (Lipinski definition) is 21. The average molecular weight is 787 g/mol. The van der Waals surface area contributed by atoms with Crippen LogP contribution in [0.4, 0.5) is 0 Å². The third kappa shape index (κ3) is 7.65. The van der Waals surface area contributed by atoms with Crippen molar-refractivity contribution < 1.29 is 98.9 Å². The number of benzene rings is 2. The fourth-order valence-electron chi connectivity index (χ4n) is 6.43. The molecule has 4 heterocycles. The standard InChI is InChI=1S/C34H42O21/c1-10-20(39)24(43)27(46)32(49-10)54-30-23(42)19-14(38)6-12(7-16(19)51-29(30)11-3-4-13(37)15(5-11)48-2)50-34-31(26(45)22(41)18(9-36)53-34)55-33-28(47)25(44)21(40)17(8-35)52-33/h3-7,10,17-18,20-22,24-28,31-41,43-47H,8-9H2,1-2H3. The highest BCUT2D eigenvalue weighted by atomic mass is 16.8. The Morgan fingerprint density at radius 2 is 1.29 bits per heavy atom. The van der Waals surface area contributed by atoms with Crippen LogP contribution in [-0.2, 0) is 18.9 Å². The monoisotopic (exact) mass is 786 g/mol. The molecule has 2 aromatic carbocycles. The van der Waals surface area contributed by atoms with Crippen LogP contribution in [0.1, 0.15) is 6.92 Å². The predicted octanol–water partition coefficient (Wildman–Crippen LogP) is -3.91. The number of phenolic OH excluding ortho intramolecular Hbond substituents is 2. The summed E-state index contributed by atoms with van der Waals surface area (Å²) in [5.74, 6) is -2.48. The number of ether oxygens (including phenoxy) is 7. The molecular weight excluding hydrogens is 744 g/mol. The van der Waals surface area contributed by atoms with Gasteiger partial charge in [-0.25, -0.2) is 0 Å². The topological polar surface area (TPSA) is 338 Å². The lowest BCUT2D eigenvalue weighted by Crippen LogP contribution is -2.65. The molecule has 15 unspecified atom stereocenters. The molecule has 0 saturated carbocycles. The minimum Gasteiger partial charge on any atom is -0.507 e. The van der Waals surface area contributed by atoms with Crippen molar-refractivity contribution in [2.45, 2.75) is 99.0 Å². The van der Waals surface area contributed by atoms with Crippen LogP contribution in [0.2, 0.25) is 0 Å². The fourth-order valence-corrected chi connectivity index (χ4v) is 6.43. The van der Waals surface area contributed by atoms with E-state index in [1.54, 1.807) is 0 Å². The van der Waals surface area contributed by atoms with Crippen molar-refractivity contribution in [2.24, 2.45) is 0 Å². The van der Waals surface area contributed by atoms with Crippen molar-refractivity contribution in [3.8, 4) is 40.1 Å². The number of hydrogen-bond donors (Lipinski definition) is 12. The van der Waals surface area contributed by atoms with Gasteiger partial charge in [-0.1, -0.05) is 0 Å². The first-order valence-electron chi connectivity index (χ1n) is 16.9. The molecule has 0 amide bonds. The first-order valence-corrected chi connectivity index (χ1v) is 16.9. The number of aliphatic hydroxyl groups excluding tert-OH is 10. The van der Waals surface area contributed by atoms with Gasteiger partial charge >= 0.3 is 0 Å². The van der Waals surface area contributed by atoms with E-state index in [0.717, 1.165) is 12.1 Å². The minimum atomic E-state index is -1.94. The van der Waals surface area contributed by atoms with Crippen molar-refractivity contribution in [3.05, 3.63) is 40.6 Å². The van der Waals surface area contributed by atoms with E-state index in [-0.39, 0.29) is 34.2 Å². The third-order valence-electron chi connectivity index (χ3n) is 9.61. The van der Waals surface area contributed by atoms with E-state index in [9.17, 15) is 66.1 Å². The van der Waals surface area contributed by atoms with Crippen LogP contribution in [0.3, 0.4) is 0 Å². The molecule has 0 radical (unpaired) electrons. The molecule has 0 bridgehead atoms. The van der Waals surface area contributed by atoms with E-state index in [2.05, 4.69) is 0 Å². The Bertz CT molecular complexity index is 1870. The molecular formula is C34H42O21. The number of phenols is 2. The van der Waals surface area contributed by atoms with Crippen LogP contribution >= 0.6 is 0 Å². The molecule has 3 aliphatic heterocycles. The Balaban J connectivity index is 1.40. The quantitative estimate of drug-likeness (QED) is 0.0934. The second-order valence-corrected chi connectivity index (χ2v) is 13.2. The highest BCUT2D eigenvalue weighted by molar-refractivity contribution is 5.88. The molecule has 0 spiro atoms. The van der Waals surface area contributed by atoms with E-state index in [1.165, 1.54) is 32.2 Å².